The van der Waals surface area contributed by atoms with E-state index in [0.29, 0.717) is 11.9 Å². The van der Waals surface area contributed by atoms with Crippen LogP contribution in [0.2, 0.25) is 0 Å². The van der Waals surface area contributed by atoms with Gasteiger partial charge in [0.1, 0.15) is 5.76 Å². The Labute approximate surface area is 171 Å². The molecule has 1 spiro atoms. The quantitative estimate of drug-likeness (QED) is 0.782. The minimum absolute atomic E-state index is 0.0788. The summed E-state index contributed by atoms with van der Waals surface area (Å²) >= 11 is 0. The lowest BCUT2D eigenvalue weighted by molar-refractivity contribution is -0.192. The van der Waals surface area contributed by atoms with E-state index in [-0.39, 0.29) is 5.60 Å². The van der Waals surface area contributed by atoms with Crippen molar-refractivity contribution in [3.63, 3.8) is 0 Å². The third kappa shape index (κ3) is 5.51. The molecule has 4 heterocycles. The van der Waals surface area contributed by atoms with Crippen molar-refractivity contribution in [2.45, 2.75) is 63.4 Å². The maximum atomic E-state index is 12.0. The molecule has 1 N–H and O–H groups in total. The Bertz CT molecular complexity index is 769. The molecule has 3 aliphatic rings. The Morgan fingerprint density at radius 1 is 1.40 bits per heavy atom. The van der Waals surface area contributed by atoms with Crippen LogP contribution in [0.15, 0.2) is 10.6 Å². The summed E-state index contributed by atoms with van der Waals surface area (Å²) in [4.78, 5) is 25.4. The molecule has 0 radical (unpaired) electrons. The predicted molar refractivity (Wildman–Crippen MR) is 97.5 cm³/mol. The van der Waals surface area contributed by atoms with Gasteiger partial charge in [0.2, 0.25) is 5.91 Å². The highest BCUT2D eigenvalue weighted by molar-refractivity contribution is 5.78. The second-order valence-corrected chi connectivity index (χ2v) is 8.06. The first-order chi connectivity index (χ1) is 14.1. The van der Waals surface area contributed by atoms with Crippen LogP contribution >= 0.6 is 0 Å². The molecular formula is C19H26F3N3O5. The van der Waals surface area contributed by atoms with Crippen LogP contribution in [0.5, 0.6) is 0 Å². The van der Waals surface area contributed by atoms with Gasteiger partial charge in [-0.3, -0.25) is 9.69 Å². The Kier molecular flexibility index (Phi) is 6.71. The van der Waals surface area contributed by atoms with Crippen LogP contribution in [0.25, 0.3) is 0 Å². The number of aliphatic carboxylic acids is 1. The highest BCUT2D eigenvalue weighted by Gasteiger charge is 2.45. The number of carboxylic acids is 1. The van der Waals surface area contributed by atoms with Crippen molar-refractivity contribution in [1.29, 1.82) is 0 Å². The number of carbonyl (C=O) groups excluding carboxylic acids is 1. The highest BCUT2D eigenvalue weighted by atomic mass is 19.4. The van der Waals surface area contributed by atoms with Crippen LogP contribution in [0.3, 0.4) is 0 Å². The molecule has 11 heteroatoms. The van der Waals surface area contributed by atoms with Crippen LogP contribution in [0, 0.1) is 6.92 Å². The molecule has 1 aromatic rings. The van der Waals surface area contributed by atoms with E-state index < -0.39 is 12.1 Å². The van der Waals surface area contributed by atoms with Crippen LogP contribution < -0.4 is 0 Å². The number of halogens is 3. The highest BCUT2D eigenvalue weighted by Crippen LogP contribution is 2.37. The molecule has 8 nitrogen and oxygen atoms in total. The summed E-state index contributed by atoms with van der Waals surface area (Å²) in [6.45, 7) is 6.39. The van der Waals surface area contributed by atoms with Crippen molar-refractivity contribution in [2.75, 3.05) is 26.2 Å². The van der Waals surface area contributed by atoms with Gasteiger partial charge in [0.15, 0.2) is 0 Å². The number of alkyl halides is 3. The molecule has 3 aliphatic heterocycles. The molecular weight excluding hydrogens is 407 g/mol. The Balaban J connectivity index is 0.000000318. The monoisotopic (exact) mass is 433 g/mol. The number of nitrogens with zero attached hydrogens (tertiary/aromatic N) is 3. The van der Waals surface area contributed by atoms with Gasteiger partial charge in [0.25, 0.3) is 0 Å². The first-order valence-corrected chi connectivity index (χ1v) is 9.96. The zero-order chi connectivity index (χ0) is 21.9. The van der Waals surface area contributed by atoms with Gasteiger partial charge in [0, 0.05) is 51.3 Å². The van der Waals surface area contributed by atoms with Crippen molar-refractivity contribution in [1.82, 2.24) is 15.0 Å². The average molecular weight is 433 g/mol. The number of likely N-dealkylation sites (tertiary alicyclic amines) is 2. The minimum Gasteiger partial charge on any atom is -0.475 e. The van der Waals surface area contributed by atoms with E-state index in [4.69, 9.17) is 19.2 Å². The minimum atomic E-state index is -5.08. The summed E-state index contributed by atoms with van der Waals surface area (Å²) in [5.74, 6) is -1.57. The van der Waals surface area contributed by atoms with E-state index in [9.17, 15) is 18.0 Å². The molecule has 0 saturated carbocycles. The van der Waals surface area contributed by atoms with Crippen LogP contribution in [-0.4, -0.2) is 76.0 Å². The predicted octanol–water partition coefficient (Wildman–Crippen LogP) is 2.36. The number of amides is 1. The molecule has 2 atom stereocenters. The van der Waals surface area contributed by atoms with E-state index in [1.54, 1.807) is 0 Å². The van der Waals surface area contributed by atoms with E-state index in [1.807, 2.05) is 13.0 Å². The number of hydrogen-bond donors (Lipinski definition) is 1. The molecule has 3 fully saturated rings. The van der Waals surface area contributed by atoms with Gasteiger partial charge in [-0.25, -0.2) is 4.79 Å². The van der Waals surface area contributed by atoms with Crippen molar-refractivity contribution in [3.05, 3.63) is 17.5 Å². The van der Waals surface area contributed by atoms with Crippen molar-refractivity contribution < 1.29 is 37.1 Å². The van der Waals surface area contributed by atoms with E-state index >= 15 is 0 Å². The summed E-state index contributed by atoms with van der Waals surface area (Å²) in [7, 11) is 0. The molecule has 0 aliphatic carbocycles. The molecule has 1 amide bonds. The first kappa shape index (κ1) is 22.5. The SMILES string of the molecule is Cc1cc(CN2CC[C@@]3(C[C@H](N4CCCC4=O)CCO3)C2)no1.O=C(O)C(F)(F)F. The average Bonchev–Trinajstić information content (AvgIpc) is 3.37. The van der Waals surface area contributed by atoms with Gasteiger partial charge in [-0.05, 0) is 32.6 Å². The summed E-state index contributed by atoms with van der Waals surface area (Å²) < 4.78 is 43.1. The lowest BCUT2D eigenvalue weighted by Crippen LogP contribution is -2.50. The second-order valence-electron chi connectivity index (χ2n) is 8.06. The molecule has 0 aromatic carbocycles. The number of aromatic nitrogens is 1. The van der Waals surface area contributed by atoms with Crippen molar-refractivity contribution in [3.8, 4) is 0 Å². The Morgan fingerprint density at radius 2 is 2.13 bits per heavy atom. The zero-order valence-electron chi connectivity index (χ0n) is 16.8. The third-order valence-electron chi connectivity index (χ3n) is 5.72. The van der Waals surface area contributed by atoms with Crippen molar-refractivity contribution in [2.24, 2.45) is 0 Å². The fourth-order valence-electron chi connectivity index (χ4n) is 4.39. The molecule has 0 bridgehead atoms. The van der Waals surface area contributed by atoms with E-state index in [0.717, 1.165) is 76.3 Å². The number of carboxylic acid groups (broad SMARTS) is 1. The van der Waals surface area contributed by atoms with Gasteiger partial charge in [0.05, 0.1) is 11.3 Å². The normalized spacial score (nSPS) is 27.4. The topological polar surface area (TPSA) is 96.1 Å². The smallest absolute Gasteiger partial charge is 0.475 e. The van der Waals surface area contributed by atoms with E-state index in [2.05, 4.69) is 15.0 Å². The van der Waals surface area contributed by atoms with Crippen LogP contribution in [0.1, 0.15) is 43.6 Å². The van der Waals surface area contributed by atoms with Gasteiger partial charge < -0.3 is 19.3 Å². The number of aryl methyl sites for hydroxylation is 1. The Morgan fingerprint density at radius 3 is 2.70 bits per heavy atom. The molecule has 4 rings (SSSR count). The lowest BCUT2D eigenvalue weighted by Gasteiger charge is -2.41. The largest absolute Gasteiger partial charge is 0.490 e. The second kappa shape index (κ2) is 8.93. The fraction of sp³-hybridized carbons (Fsp3) is 0.737. The third-order valence-corrected chi connectivity index (χ3v) is 5.72. The fourth-order valence-corrected chi connectivity index (χ4v) is 4.39. The van der Waals surface area contributed by atoms with Gasteiger partial charge in [-0.2, -0.15) is 13.2 Å². The standard InChI is InChI=1S/C17H25N3O3.C2HF3O2/c1-13-9-14(18-23-13)11-19-7-5-17(12-19)10-15(4-8-22-17)20-6-2-3-16(20)21;3-2(4,5)1(6)7/h9,15H,2-8,10-12H2,1H3;(H,6,7)/t15-,17-;/m1./s1. The summed E-state index contributed by atoms with van der Waals surface area (Å²) in [5, 5.41) is 11.2. The number of carbonyl (C=O) groups is 2. The summed E-state index contributed by atoms with van der Waals surface area (Å²) in [6.07, 6.45) is -0.339. The molecule has 168 valence electrons. The number of rotatable bonds is 3. The van der Waals surface area contributed by atoms with Gasteiger partial charge in [-0.1, -0.05) is 5.16 Å². The lowest BCUT2D eigenvalue weighted by atomic mass is 9.89. The summed E-state index contributed by atoms with van der Waals surface area (Å²) in [5.41, 5.74) is 0.909. The first-order valence-electron chi connectivity index (χ1n) is 9.96. The van der Waals surface area contributed by atoms with Crippen LogP contribution in [-0.2, 0) is 20.9 Å². The zero-order valence-corrected chi connectivity index (χ0v) is 16.8. The molecule has 1 aromatic heterocycles. The van der Waals surface area contributed by atoms with E-state index in [1.165, 1.54) is 0 Å². The number of hydrogen-bond acceptors (Lipinski definition) is 6. The molecule has 3 saturated heterocycles. The number of ether oxygens (including phenoxy) is 1. The maximum Gasteiger partial charge on any atom is 0.490 e. The maximum absolute atomic E-state index is 12.0. The Hall–Kier alpha value is -2.14. The molecule has 0 unspecified atom stereocenters. The van der Waals surface area contributed by atoms with Crippen LogP contribution in [0.4, 0.5) is 13.2 Å². The summed E-state index contributed by atoms with van der Waals surface area (Å²) in [6, 6.07) is 2.37. The molecule has 30 heavy (non-hydrogen) atoms. The van der Waals surface area contributed by atoms with Crippen molar-refractivity contribution >= 4 is 11.9 Å². The van der Waals surface area contributed by atoms with Gasteiger partial charge >= 0.3 is 12.1 Å². The van der Waals surface area contributed by atoms with Gasteiger partial charge in [-0.15, -0.1) is 0 Å².